The second kappa shape index (κ2) is 3.07. The number of rotatable bonds is 1. The molecule has 0 spiro atoms. The van der Waals surface area contributed by atoms with Gasteiger partial charge in [-0.1, -0.05) is 0 Å². The van der Waals surface area contributed by atoms with Crippen LogP contribution in [0.25, 0.3) is 0 Å². The van der Waals surface area contributed by atoms with Gasteiger partial charge >= 0.3 is 0 Å². The van der Waals surface area contributed by atoms with Crippen molar-refractivity contribution in [2.24, 2.45) is 0 Å². The summed E-state index contributed by atoms with van der Waals surface area (Å²) < 4.78 is 10.3. The minimum Gasteiger partial charge on any atom is -0.472 e. The Hall–Kier alpha value is -0.800. The van der Waals surface area contributed by atoms with Crippen molar-refractivity contribution in [2.75, 3.05) is 19.8 Å². The van der Waals surface area contributed by atoms with Crippen molar-refractivity contribution in [3.63, 3.8) is 0 Å². The maximum Gasteiger partial charge on any atom is 0.0951 e. The van der Waals surface area contributed by atoms with Gasteiger partial charge in [-0.05, 0) is 6.07 Å². The first-order valence-corrected chi connectivity index (χ1v) is 3.80. The van der Waals surface area contributed by atoms with E-state index in [4.69, 9.17) is 9.15 Å². The summed E-state index contributed by atoms with van der Waals surface area (Å²) in [5.41, 5.74) is 1.17. The predicted octanol–water partition coefficient (Wildman–Crippen LogP) is 0.941. The zero-order valence-corrected chi connectivity index (χ0v) is 6.25. The van der Waals surface area contributed by atoms with E-state index >= 15 is 0 Å². The van der Waals surface area contributed by atoms with Gasteiger partial charge < -0.3 is 14.5 Å². The lowest BCUT2D eigenvalue weighted by Gasteiger charge is -2.22. The van der Waals surface area contributed by atoms with Gasteiger partial charge in [0, 0.05) is 12.1 Å². The normalized spacial score (nSPS) is 25.3. The smallest absolute Gasteiger partial charge is 0.0951 e. The van der Waals surface area contributed by atoms with Gasteiger partial charge in [0.05, 0.1) is 31.8 Å². The van der Waals surface area contributed by atoms with E-state index in [9.17, 15) is 0 Å². The van der Waals surface area contributed by atoms with E-state index in [0.29, 0.717) is 6.04 Å². The molecule has 1 saturated heterocycles. The van der Waals surface area contributed by atoms with Crippen LogP contribution in [0.3, 0.4) is 0 Å². The highest BCUT2D eigenvalue weighted by atomic mass is 16.5. The van der Waals surface area contributed by atoms with E-state index in [1.807, 2.05) is 6.07 Å². The monoisotopic (exact) mass is 153 g/mol. The number of nitrogens with one attached hydrogen (secondary N) is 1. The van der Waals surface area contributed by atoms with Crippen molar-refractivity contribution in [1.82, 2.24) is 5.32 Å². The quantitative estimate of drug-likeness (QED) is 0.652. The first kappa shape index (κ1) is 6.88. The van der Waals surface area contributed by atoms with Crippen LogP contribution < -0.4 is 5.32 Å². The molecule has 1 N–H and O–H groups in total. The summed E-state index contributed by atoms with van der Waals surface area (Å²) in [7, 11) is 0. The maximum absolute atomic E-state index is 5.30. The summed E-state index contributed by atoms with van der Waals surface area (Å²) in [5, 5.41) is 3.34. The molecule has 0 amide bonds. The van der Waals surface area contributed by atoms with Crippen molar-refractivity contribution in [2.45, 2.75) is 6.04 Å². The maximum atomic E-state index is 5.30. The van der Waals surface area contributed by atoms with Crippen LogP contribution >= 0.6 is 0 Å². The third-order valence-electron chi connectivity index (χ3n) is 1.87. The molecule has 1 unspecified atom stereocenters. The molecule has 11 heavy (non-hydrogen) atoms. The van der Waals surface area contributed by atoms with Crippen LogP contribution in [-0.2, 0) is 4.74 Å². The number of ether oxygens (including phenoxy) is 1. The molecule has 1 aromatic rings. The summed E-state index contributed by atoms with van der Waals surface area (Å²) in [6.07, 6.45) is 3.44. The summed E-state index contributed by atoms with van der Waals surface area (Å²) >= 11 is 0. The van der Waals surface area contributed by atoms with Crippen molar-refractivity contribution in [3.8, 4) is 0 Å². The molecule has 0 bridgehead atoms. The lowest BCUT2D eigenvalue weighted by Crippen LogP contribution is -2.34. The van der Waals surface area contributed by atoms with Crippen LogP contribution in [0.15, 0.2) is 23.0 Å². The van der Waals surface area contributed by atoms with Gasteiger partial charge in [0.2, 0.25) is 0 Å². The standard InChI is InChI=1S/C8H11NO2/c1-3-10-5-7(1)8-6-11-4-2-9-8/h1,3,5,8-9H,2,4,6H2. The van der Waals surface area contributed by atoms with Crippen LogP contribution in [0.1, 0.15) is 11.6 Å². The fourth-order valence-electron chi connectivity index (χ4n) is 1.25. The van der Waals surface area contributed by atoms with Crippen molar-refractivity contribution < 1.29 is 9.15 Å². The number of furan rings is 1. The first-order valence-electron chi connectivity index (χ1n) is 3.80. The molecule has 1 atom stereocenters. The highest BCUT2D eigenvalue weighted by molar-refractivity contribution is 5.11. The second-order valence-electron chi connectivity index (χ2n) is 2.64. The molecule has 3 heteroatoms. The minimum atomic E-state index is 0.322. The zero-order valence-electron chi connectivity index (χ0n) is 6.25. The molecule has 2 rings (SSSR count). The average molecular weight is 153 g/mol. The van der Waals surface area contributed by atoms with Crippen molar-refractivity contribution in [3.05, 3.63) is 24.2 Å². The summed E-state index contributed by atoms with van der Waals surface area (Å²) in [6, 6.07) is 2.29. The van der Waals surface area contributed by atoms with E-state index in [2.05, 4.69) is 5.32 Å². The molecule has 1 fully saturated rings. The Labute approximate surface area is 65.3 Å². The van der Waals surface area contributed by atoms with Crippen molar-refractivity contribution in [1.29, 1.82) is 0 Å². The first-order chi connectivity index (χ1) is 5.47. The molecule has 0 radical (unpaired) electrons. The van der Waals surface area contributed by atoms with Crippen LogP contribution in [0.5, 0.6) is 0 Å². The summed E-state index contributed by atoms with van der Waals surface area (Å²) in [6.45, 7) is 2.49. The topological polar surface area (TPSA) is 34.4 Å². The third kappa shape index (κ3) is 1.44. The lowest BCUT2D eigenvalue weighted by molar-refractivity contribution is 0.0767. The Bertz CT molecular complexity index is 202. The van der Waals surface area contributed by atoms with Gasteiger partial charge in [0.15, 0.2) is 0 Å². The predicted molar refractivity (Wildman–Crippen MR) is 40.3 cm³/mol. The molecule has 60 valence electrons. The largest absolute Gasteiger partial charge is 0.472 e. The van der Waals surface area contributed by atoms with Crippen LogP contribution in [0.4, 0.5) is 0 Å². The fourth-order valence-corrected chi connectivity index (χ4v) is 1.25. The molecule has 1 aromatic heterocycles. The van der Waals surface area contributed by atoms with E-state index in [-0.39, 0.29) is 0 Å². The van der Waals surface area contributed by atoms with E-state index < -0.39 is 0 Å². The molecule has 0 aromatic carbocycles. The van der Waals surface area contributed by atoms with Gasteiger partial charge in [0.25, 0.3) is 0 Å². The highest BCUT2D eigenvalue weighted by Crippen LogP contribution is 2.15. The summed E-state index contributed by atoms with van der Waals surface area (Å²) in [4.78, 5) is 0. The Balaban J connectivity index is 2.04. The lowest BCUT2D eigenvalue weighted by atomic mass is 10.1. The minimum absolute atomic E-state index is 0.322. The number of hydrogen-bond acceptors (Lipinski definition) is 3. The fraction of sp³-hybridized carbons (Fsp3) is 0.500. The van der Waals surface area contributed by atoms with Gasteiger partial charge in [-0.3, -0.25) is 0 Å². The van der Waals surface area contributed by atoms with Gasteiger partial charge in [-0.15, -0.1) is 0 Å². The van der Waals surface area contributed by atoms with Crippen LogP contribution in [0, 0.1) is 0 Å². The Morgan fingerprint density at radius 2 is 2.55 bits per heavy atom. The molecule has 3 nitrogen and oxygen atoms in total. The van der Waals surface area contributed by atoms with E-state index in [1.54, 1.807) is 12.5 Å². The number of hydrogen-bond donors (Lipinski definition) is 1. The molecule has 1 aliphatic rings. The molecule has 0 saturated carbocycles. The molecule has 0 aliphatic carbocycles. The summed E-state index contributed by atoms with van der Waals surface area (Å²) in [5.74, 6) is 0. The molecule has 1 aliphatic heterocycles. The Kier molecular flexibility index (Phi) is 1.92. The van der Waals surface area contributed by atoms with E-state index in [1.165, 1.54) is 5.56 Å². The second-order valence-corrected chi connectivity index (χ2v) is 2.64. The van der Waals surface area contributed by atoms with Crippen LogP contribution in [-0.4, -0.2) is 19.8 Å². The Morgan fingerprint density at radius 3 is 3.18 bits per heavy atom. The van der Waals surface area contributed by atoms with Crippen molar-refractivity contribution >= 4 is 0 Å². The van der Waals surface area contributed by atoms with Gasteiger partial charge in [0.1, 0.15) is 0 Å². The Morgan fingerprint density at radius 1 is 1.55 bits per heavy atom. The van der Waals surface area contributed by atoms with E-state index in [0.717, 1.165) is 19.8 Å². The van der Waals surface area contributed by atoms with Gasteiger partial charge in [-0.25, -0.2) is 0 Å². The highest BCUT2D eigenvalue weighted by Gasteiger charge is 2.15. The van der Waals surface area contributed by atoms with Crippen LogP contribution in [0.2, 0.25) is 0 Å². The zero-order chi connectivity index (χ0) is 7.52. The number of morpholine rings is 1. The SMILES string of the molecule is c1cc(C2COCCN2)co1. The molecular formula is C8H11NO2. The molecule has 2 heterocycles. The molecular weight excluding hydrogens is 142 g/mol. The third-order valence-corrected chi connectivity index (χ3v) is 1.87. The van der Waals surface area contributed by atoms with Gasteiger partial charge in [-0.2, -0.15) is 0 Å². The average Bonchev–Trinajstić information content (AvgIpc) is 2.58.